The minimum atomic E-state index is -1.02. The highest BCUT2D eigenvalue weighted by atomic mass is 19.2. The number of carbonyl (C=O) groups is 1. The summed E-state index contributed by atoms with van der Waals surface area (Å²) in [5, 5.41) is 28.5. The second-order valence-corrected chi connectivity index (χ2v) is 10.0. The first-order chi connectivity index (χ1) is 17.5. The van der Waals surface area contributed by atoms with Crippen LogP contribution in [0.1, 0.15) is 42.3 Å². The molecule has 1 amide bonds. The molecule has 190 valence electrons. The third-order valence-electron chi connectivity index (χ3n) is 6.28. The topological polar surface area (TPSA) is 90.6 Å². The Morgan fingerprint density at radius 3 is 2.30 bits per heavy atom. The van der Waals surface area contributed by atoms with E-state index in [0.29, 0.717) is 18.9 Å². The van der Waals surface area contributed by atoms with Crippen LogP contribution < -0.4 is 5.32 Å². The number of anilines is 2. The zero-order valence-electron chi connectivity index (χ0n) is 20.6. The van der Waals surface area contributed by atoms with E-state index < -0.39 is 23.1 Å². The van der Waals surface area contributed by atoms with E-state index in [9.17, 15) is 23.8 Å². The molecule has 0 saturated heterocycles. The maximum Gasteiger partial charge on any atom is 0.260 e. The third-order valence-corrected chi connectivity index (χ3v) is 6.28. The zero-order chi connectivity index (χ0) is 26.5. The van der Waals surface area contributed by atoms with Crippen LogP contribution in [0.4, 0.5) is 20.3 Å². The summed E-state index contributed by atoms with van der Waals surface area (Å²) in [6.45, 7) is 6.41. The molecular weight excluding hydrogens is 478 g/mol. The lowest BCUT2D eigenvalue weighted by atomic mass is 10.1. The SMILES string of the molecule is CC(C)(C)n1nc(-c2cccc(F)c2F)cc1Nc1cc(O)cc(O)c1C(=O)N1Cc2ccccc2C1. The summed E-state index contributed by atoms with van der Waals surface area (Å²) >= 11 is 0. The number of amides is 1. The molecule has 9 heteroatoms. The van der Waals surface area contributed by atoms with E-state index in [0.717, 1.165) is 23.3 Å². The number of phenols is 2. The van der Waals surface area contributed by atoms with Crippen LogP contribution in [0.3, 0.4) is 0 Å². The second-order valence-electron chi connectivity index (χ2n) is 10.0. The van der Waals surface area contributed by atoms with Gasteiger partial charge in [0.15, 0.2) is 11.6 Å². The first-order valence-corrected chi connectivity index (χ1v) is 11.8. The average Bonchev–Trinajstić information content (AvgIpc) is 3.45. The van der Waals surface area contributed by atoms with E-state index in [1.165, 1.54) is 24.3 Å². The number of phenolic OH excluding ortho intramolecular Hbond substituents is 2. The molecule has 1 aliphatic heterocycles. The van der Waals surface area contributed by atoms with Gasteiger partial charge in [0.05, 0.1) is 16.9 Å². The van der Waals surface area contributed by atoms with E-state index in [1.54, 1.807) is 9.58 Å². The van der Waals surface area contributed by atoms with Crippen molar-refractivity contribution in [2.75, 3.05) is 5.32 Å². The largest absolute Gasteiger partial charge is 0.508 e. The maximum atomic E-state index is 14.6. The number of hydrogen-bond donors (Lipinski definition) is 3. The highest BCUT2D eigenvalue weighted by Crippen LogP contribution is 2.38. The highest BCUT2D eigenvalue weighted by Gasteiger charge is 2.30. The summed E-state index contributed by atoms with van der Waals surface area (Å²) in [5.74, 6) is -2.72. The fraction of sp³-hybridized carbons (Fsp3) is 0.214. The van der Waals surface area contributed by atoms with Crippen LogP contribution >= 0.6 is 0 Å². The van der Waals surface area contributed by atoms with E-state index >= 15 is 0 Å². The number of benzene rings is 3. The number of aromatic nitrogens is 2. The number of fused-ring (bicyclic) bond motifs is 1. The van der Waals surface area contributed by atoms with Crippen molar-refractivity contribution in [2.24, 2.45) is 0 Å². The van der Waals surface area contributed by atoms with Crippen LogP contribution in [0.2, 0.25) is 0 Å². The van der Waals surface area contributed by atoms with Gasteiger partial charge in [-0.1, -0.05) is 30.3 Å². The summed E-state index contributed by atoms with van der Waals surface area (Å²) in [5.41, 5.74) is 1.75. The van der Waals surface area contributed by atoms with Crippen LogP contribution in [0.5, 0.6) is 11.5 Å². The molecule has 5 rings (SSSR count). The van der Waals surface area contributed by atoms with Crippen molar-refractivity contribution in [3.63, 3.8) is 0 Å². The lowest BCUT2D eigenvalue weighted by molar-refractivity contribution is 0.0749. The molecule has 3 aromatic carbocycles. The predicted molar refractivity (Wildman–Crippen MR) is 136 cm³/mol. The van der Waals surface area contributed by atoms with E-state index in [4.69, 9.17) is 0 Å². The Hall–Kier alpha value is -4.40. The molecular formula is C28H26F2N4O3. The molecule has 0 atom stereocenters. The maximum absolute atomic E-state index is 14.6. The van der Waals surface area contributed by atoms with Crippen molar-refractivity contribution < 1.29 is 23.8 Å². The van der Waals surface area contributed by atoms with Gasteiger partial charge in [-0.05, 0) is 44.0 Å². The van der Waals surface area contributed by atoms with Crippen LogP contribution in [0, 0.1) is 11.6 Å². The van der Waals surface area contributed by atoms with E-state index in [2.05, 4.69) is 10.4 Å². The molecule has 0 saturated carbocycles. The molecule has 0 unspecified atom stereocenters. The number of halogens is 2. The molecule has 4 aromatic rings. The zero-order valence-corrected chi connectivity index (χ0v) is 20.6. The Bertz CT molecular complexity index is 1500. The Morgan fingerprint density at radius 2 is 1.65 bits per heavy atom. The quantitative estimate of drug-likeness (QED) is 0.322. The van der Waals surface area contributed by atoms with E-state index in [1.807, 2.05) is 45.0 Å². The van der Waals surface area contributed by atoms with Gasteiger partial charge in [-0.15, -0.1) is 0 Å². The number of carbonyl (C=O) groups excluding carboxylic acids is 1. The molecule has 7 nitrogen and oxygen atoms in total. The monoisotopic (exact) mass is 504 g/mol. The Balaban J connectivity index is 1.56. The summed E-state index contributed by atoms with van der Waals surface area (Å²) in [6, 6.07) is 15.5. The molecule has 1 aromatic heterocycles. The van der Waals surface area contributed by atoms with Gasteiger partial charge >= 0.3 is 0 Å². The van der Waals surface area contributed by atoms with Crippen LogP contribution in [0.15, 0.2) is 60.7 Å². The molecule has 1 aliphatic rings. The van der Waals surface area contributed by atoms with Gasteiger partial charge < -0.3 is 20.4 Å². The molecule has 0 fully saturated rings. The molecule has 2 heterocycles. The van der Waals surface area contributed by atoms with Gasteiger partial charge in [0.1, 0.15) is 22.9 Å². The van der Waals surface area contributed by atoms with Gasteiger partial charge in [0.2, 0.25) is 0 Å². The standard InChI is InChI=1S/C28H26F2N4O3/c1-28(2,3)34-24(13-21(32-34)19-9-6-10-20(29)26(19)30)31-22-11-18(35)12-23(36)25(22)27(37)33-14-16-7-4-5-8-17(16)15-33/h4-13,31,35-36H,14-15H2,1-3H3. The van der Waals surface area contributed by atoms with Crippen molar-refractivity contribution in [2.45, 2.75) is 39.4 Å². The predicted octanol–water partition coefficient (Wildman–Crippen LogP) is 5.89. The average molecular weight is 505 g/mol. The number of aromatic hydroxyl groups is 2. The Morgan fingerprint density at radius 1 is 0.973 bits per heavy atom. The van der Waals surface area contributed by atoms with Crippen molar-refractivity contribution in [1.29, 1.82) is 0 Å². The molecule has 0 radical (unpaired) electrons. The third kappa shape index (κ3) is 4.48. The molecule has 3 N–H and O–H groups in total. The molecule has 0 bridgehead atoms. The minimum absolute atomic E-state index is 0.0177. The normalized spacial score (nSPS) is 13.1. The van der Waals surface area contributed by atoms with Gasteiger partial charge in [-0.25, -0.2) is 13.5 Å². The first-order valence-electron chi connectivity index (χ1n) is 11.8. The smallest absolute Gasteiger partial charge is 0.260 e. The summed E-state index contributed by atoms with van der Waals surface area (Å²) in [6.07, 6.45) is 0. The lowest BCUT2D eigenvalue weighted by Crippen LogP contribution is -2.27. The van der Waals surface area contributed by atoms with Gasteiger partial charge in [0, 0.05) is 36.9 Å². The fourth-order valence-corrected chi connectivity index (χ4v) is 4.52. The van der Waals surface area contributed by atoms with Gasteiger partial charge in [-0.2, -0.15) is 5.10 Å². The van der Waals surface area contributed by atoms with Gasteiger partial charge in [-0.3, -0.25) is 4.79 Å². The number of nitrogens with zero attached hydrogens (tertiary/aromatic N) is 3. The Labute approximate surface area is 212 Å². The fourth-order valence-electron chi connectivity index (χ4n) is 4.52. The molecule has 0 spiro atoms. The molecule has 37 heavy (non-hydrogen) atoms. The van der Waals surface area contributed by atoms with Crippen molar-refractivity contribution in [1.82, 2.24) is 14.7 Å². The van der Waals surface area contributed by atoms with Crippen LogP contribution in [-0.2, 0) is 18.6 Å². The molecule has 0 aliphatic carbocycles. The summed E-state index contributed by atoms with van der Waals surface area (Å²) in [4.78, 5) is 15.2. The van der Waals surface area contributed by atoms with Crippen molar-refractivity contribution in [3.05, 3.63) is 89.0 Å². The summed E-state index contributed by atoms with van der Waals surface area (Å²) < 4.78 is 30.0. The highest BCUT2D eigenvalue weighted by molar-refractivity contribution is 6.03. The van der Waals surface area contributed by atoms with Crippen LogP contribution in [0.25, 0.3) is 11.3 Å². The second kappa shape index (κ2) is 8.92. The number of hydrogen-bond acceptors (Lipinski definition) is 5. The lowest BCUT2D eigenvalue weighted by Gasteiger charge is -2.24. The Kier molecular flexibility index (Phi) is 5.86. The summed E-state index contributed by atoms with van der Waals surface area (Å²) in [7, 11) is 0. The minimum Gasteiger partial charge on any atom is -0.508 e. The van der Waals surface area contributed by atoms with Crippen LogP contribution in [-0.4, -0.2) is 30.8 Å². The number of rotatable bonds is 4. The first kappa shape index (κ1) is 24.3. The van der Waals surface area contributed by atoms with Gasteiger partial charge in [0.25, 0.3) is 5.91 Å². The van der Waals surface area contributed by atoms with E-state index in [-0.39, 0.29) is 34.0 Å². The number of nitrogens with one attached hydrogen (secondary N) is 1. The van der Waals surface area contributed by atoms with Crippen molar-refractivity contribution in [3.8, 4) is 22.8 Å². The van der Waals surface area contributed by atoms with Crippen molar-refractivity contribution >= 4 is 17.4 Å².